The Morgan fingerprint density at radius 2 is 1.72 bits per heavy atom. The third-order valence-corrected chi connectivity index (χ3v) is 2.96. The standard InChI is InChI=1S/C13H27N3O2/c1-6-16(7-2)13(18)11(3)14-10-8-9-12(17)15(4)5/h11,14H,6-10H2,1-5H3. The van der Waals surface area contributed by atoms with E-state index < -0.39 is 0 Å². The lowest BCUT2D eigenvalue weighted by Crippen LogP contribution is -2.45. The van der Waals surface area contributed by atoms with Gasteiger partial charge in [-0.2, -0.15) is 0 Å². The quantitative estimate of drug-likeness (QED) is 0.651. The summed E-state index contributed by atoms with van der Waals surface area (Å²) in [5.74, 6) is 0.249. The second-order valence-corrected chi connectivity index (χ2v) is 4.58. The SMILES string of the molecule is CCN(CC)C(=O)C(C)NCCCC(=O)N(C)C. The monoisotopic (exact) mass is 257 g/mol. The number of rotatable bonds is 8. The predicted molar refractivity (Wildman–Crippen MR) is 73.3 cm³/mol. The lowest BCUT2D eigenvalue weighted by Gasteiger charge is -2.23. The first-order valence-electron chi connectivity index (χ1n) is 6.66. The smallest absolute Gasteiger partial charge is 0.239 e. The molecule has 0 radical (unpaired) electrons. The fraction of sp³-hybridized carbons (Fsp3) is 0.846. The van der Waals surface area contributed by atoms with Crippen molar-refractivity contribution in [1.29, 1.82) is 0 Å². The number of likely N-dealkylation sites (N-methyl/N-ethyl adjacent to an activating group) is 1. The summed E-state index contributed by atoms with van der Waals surface area (Å²) >= 11 is 0. The summed E-state index contributed by atoms with van der Waals surface area (Å²) in [7, 11) is 3.50. The van der Waals surface area contributed by atoms with Gasteiger partial charge in [-0.25, -0.2) is 0 Å². The zero-order valence-corrected chi connectivity index (χ0v) is 12.3. The molecule has 0 rings (SSSR count). The average molecular weight is 257 g/mol. The highest BCUT2D eigenvalue weighted by Crippen LogP contribution is 1.97. The van der Waals surface area contributed by atoms with Crippen LogP contribution < -0.4 is 5.32 Å². The van der Waals surface area contributed by atoms with Crippen molar-refractivity contribution < 1.29 is 9.59 Å². The lowest BCUT2D eigenvalue weighted by atomic mass is 10.2. The Labute approximate surface area is 111 Å². The Morgan fingerprint density at radius 1 is 1.17 bits per heavy atom. The van der Waals surface area contributed by atoms with Crippen molar-refractivity contribution in [3.63, 3.8) is 0 Å². The number of amides is 2. The van der Waals surface area contributed by atoms with E-state index in [1.54, 1.807) is 19.0 Å². The molecular weight excluding hydrogens is 230 g/mol. The van der Waals surface area contributed by atoms with Crippen LogP contribution in [0.4, 0.5) is 0 Å². The molecule has 0 aromatic rings. The molecular formula is C13H27N3O2. The van der Waals surface area contributed by atoms with E-state index in [9.17, 15) is 9.59 Å². The lowest BCUT2D eigenvalue weighted by molar-refractivity contribution is -0.132. The number of hydrogen-bond donors (Lipinski definition) is 1. The highest BCUT2D eigenvalue weighted by Gasteiger charge is 2.17. The van der Waals surface area contributed by atoms with Gasteiger partial charge in [-0.15, -0.1) is 0 Å². The molecule has 0 heterocycles. The molecule has 2 amide bonds. The molecule has 5 heteroatoms. The number of nitrogens with one attached hydrogen (secondary N) is 1. The minimum absolute atomic E-state index is 0.124. The van der Waals surface area contributed by atoms with Crippen LogP contribution in [0.3, 0.4) is 0 Å². The Bertz CT molecular complexity index is 263. The van der Waals surface area contributed by atoms with E-state index in [0.717, 1.165) is 19.5 Å². The van der Waals surface area contributed by atoms with Crippen LogP contribution in [0, 0.1) is 0 Å². The number of carbonyl (C=O) groups is 2. The fourth-order valence-electron chi connectivity index (χ4n) is 1.68. The molecule has 5 nitrogen and oxygen atoms in total. The van der Waals surface area contributed by atoms with Crippen LogP contribution in [0.15, 0.2) is 0 Å². The largest absolute Gasteiger partial charge is 0.349 e. The zero-order chi connectivity index (χ0) is 14.1. The van der Waals surface area contributed by atoms with E-state index in [2.05, 4.69) is 5.32 Å². The van der Waals surface area contributed by atoms with Crippen molar-refractivity contribution in [1.82, 2.24) is 15.1 Å². The first kappa shape index (κ1) is 16.9. The number of hydrogen-bond acceptors (Lipinski definition) is 3. The van der Waals surface area contributed by atoms with Gasteiger partial charge in [0.05, 0.1) is 6.04 Å². The first-order valence-corrected chi connectivity index (χ1v) is 6.66. The van der Waals surface area contributed by atoms with Crippen LogP contribution in [0.1, 0.15) is 33.6 Å². The molecule has 106 valence electrons. The molecule has 0 aliphatic carbocycles. The van der Waals surface area contributed by atoms with E-state index in [-0.39, 0.29) is 17.9 Å². The summed E-state index contributed by atoms with van der Waals surface area (Å²) < 4.78 is 0. The van der Waals surface area contributed by atoms with Gasteiger partial charge >= 0.3 is 0 Å². The van der Waals surface area contributed by atoms with Crippen molar-refractivity contribution >= 4 is 11.8 Å². The van der Waals surface area contributed by atoms with Crippen LogP contribution in [-0.2, 0) is 9.59 Å². The van der Waals surface area contributed by atoms with E-state index >= 15 is 0 Å². The van der Waals surface area contributed by atoms with Gasteiger partial charge < -0.3 is 15.1 Å². The van der Waals surface area contributed by atoms with E-state index in [1.165, 1.54) is 0 Å². The van der Waals surface area contributed by atoms with Crippen LogP contribution in [-0.4, -0.2) is 61.4 Å². The van der Waals surface area contributed by atoms with Crippen LogP contribution >= 0.6 is 0 Å². The maximum Gasteiger partial charge on any atom is 0.239 e. The molecule has 1 unspecified atom stereocenters. The molecule has 1 atom stereocenters. The second-order valence-electron chi connectivity index (χ2n) is 4.58. The van der Waals surface area contributed by atoms with Crippen molar-refractivity contribution in [3.8, 4) is 0 Å². The van der Waals surface area contributed by atoms with Gasteiger partial charge in [-0.3, -0.25) is 9.59 Å². The van der Waals surface area contributed by atoms with Gasteiger partial charge in [-0.05, 0) is 33.7 Å². The number of carbonyl (C=O) groups excluding carboxylic acids is 2. The summed E-state index contributed by atoms with van der Waals surface area (Å²) in [6, 6.07) is -0.181. The van der Waals surface area contributed by atoms with Gasteiger partial charge in [0.2, 0.25) is 11.8 Å². The van der Waals surface area contributed by atoms with Crippen LogP contribution in [0.25, 0.3) is 0 Å². The fourth-order valence-corrected chi connectivity index (χ4v) is 1.68. The maximum atomic E-state index is 11.9. The molecule has 0 aliphatic rings. The van der Waals surface area contributed by atoms with Crippen molar-refractivity contribution in [2.45, 2.75) is 39.7 Å². The normalized spacial score (nSPS) is 12.1. The van der Waals surface area contributed by atoms with Crippen LogP contribution in [0.2, 0.25) is 0 Å². The van der Waals surface area contributed by atoms with Crippen molar-refractivity contribution in [2.75, 3.05) is 33.7 Å². The molecule has 1 N–H and O–H groups in total. The topological polar surface area (TPSA) is 52.7 Å². The van der Waals surface area contributed by atoms with Gasteiger partial charge in [0, 0.05) is 33.6 Å². The van der Waals surface area contributed by atoms with Gasteiger partial charge in [0.25, 0.3) is 0 Å². The molecule has 0 bridgehead atoms. The third kappa shape index (κ3) is 6.00. The highest BCUT2D eigenvalue weighted by molar-refractivity contribution is 5.81. The summed E-state index contributed by atoms with van der Waals surface area (Å²) in [5.41, 5.74) is 0. The van der Waals surface area contributed by atoms with Crippen molar-refractivity contribution in [3.05, 3.63) is 0 Å². The Balaban J connectivity index is 3.86. The average Bonchev–Trinajstić information content (AvgIpc) is 2.35. The molecule has 0 fully saturated rings. The van der Waals surface area contributed by atoms with Gasteiger partial charge in [-0.1, -0.05) is 0 Å². The second kappa shape index (κ2) is 8.91. The predicted octanol–water partition coefficient (Wildman–Crippen LogP) is 0.701. The molecule has 0 spiro atoms. The van der Waals surface area contributed by atoms with Gasteiger partial charge in [0.15, 0.2) is 0 Å². The summed E-state index contributed by atoms with van der Waals surface area (Å²) in [5, 5.41) is 3.16. The summed E-state index contributed by atoms with van der Waals surface area (Å²) in [6.07, 6.45) is 1.28. The van der Waals surface area contributed by atoms with E-state index in [4.69, 9.17) is 0 Å². The van der Waals surface area contributed by atoms with Crippen LogP contribution in [0.5, 0.6) is 0 Å². The molecule has 18 heavy (non-hydrogen) atoms. The Morgan fingerprint density at radius 3 is 2.17 bits per heavy atom. The molecule has 0 saturated heterocycles. The first-order chi connectivity index (χ1) is 8.43. The van der Waals surface area contributed by atoms with Crippen molar-refractivity contribution in [2.24, 2.45) is 0 Å². The summed E-state index contributed by atoms with van der Waals surface area (Å²) in [6.45, 7) is 7.98. The maximum absolute atomic E-state index is 11.9. The molecule has 0 aromatic heterocycles. The molecule has 0 aliphatic heterocycles. The zero-order valence-electron chi connectivity index (χ0n) is 12.3. The minimum atomic E-state index is -0.181. The third-order valence-electron chi connectivity index (χ3n) is 2.96. The van der Waals surface area contributed by atoms with E-state index in [0.29, 0.717) is 13.0 Å². The Kier molecular flexibility index (Phi) is 8.37. The summed E-state index contributed by atoms with van der Waals surface area (Å²) in [4.78, 5) is 26.7. The molecule has 0 aromatic carbocycles. The van der Waals surface area contributed by atoms with E-state index in [1.807, 2.05) is 25.7 Å². The molecule has 0 saturated carbocycles. The number of nitrogens with zero attached hydrogens (tertiary/aromatic N) is 2. The Hall–Kier alpha value is -1.10. The minimum Gasteiger partial charge on any atom is -0.349 e. The highest BCUT2D eigenvalue weighted by atomic mass is 16.2. The van der Waals surface area contributed by atoms with Gasteiger partial charge in [0.1, 0.15) is 0 Å².